The Morgan fingerprint density at radius 1 is 0.920 bits per heavy atom. The molecular weight excluding hydrogens is 312 g/mol. The average Bonchev–Trinajstić information content (AvgIpc) is 2.67. The lowest BCUT2D eigenvalue weighted by atomic mass is 10.2. The van der Waals surface area contributed by atoms with E-state index in [4.69, 9.17) is 4.74 Å². The van der Waals surface area contributed by atoms with E-state index in [1.54, 1.807) is 18.3 Å². The molecule has 0 saturated carbocycles. The molecule has 4 nitrogen and oxygen atoms in total. The zero-order valence-corrected chi connectivity index (χ0v) is 14.0. The van der Waals surface area contributed by atoms with E-state index in [0.29, 0.717) is 17.9 Å². The van der Waals surface area contributed by atoms with E-state index in [2.05, 4.69) is 17.2 Å². The van der Waals surface area contributed by atoms with Crippen LogP contribution in [0.1, 0.15) is 11.1 Å². The number of anilines is 1. The van der Waals surface area contributed by atoms with Gasteiger partial charge in [0.05, 0.1) is 25.6 Å². The zero-order valence-electron chi connectivity index (χ0n) is 14.0. The number of benzene rings is 3. The fourth-order valence-corrected chi connectivity index (χ4v) is 2.50. The molecule has 3 rings (SSSR count). The monoisotopic (exact) mass is 332 g/mol. The summed E-state index contributed by atoms with van der Waals surface area (Å²) in [4.78, 5) is 0. The van der Waals surface area contributed by atoms with E-state index in [0.717, 1.165) is 11.3 Å². The Balaban J connectivity index is 1.90. The maximum Gasteiger partial charge on any atom is 0.166 e. The molecule has 0 saturated heterocycles. The SMILES string of the molecule is COc1cccc(/C=N/N(Cc2ccccc2)c2ccccc2)c1O. The third kappa shape index (κ3) is 4.18. The van der Waals surface area contributed by atoms with Gasteiger partial charge < -0.3 is 9.84 Å². The van der Waals surface area contributed by atoms with Gasteiger partial charge in [0.15, 0.2) is 11.5 Å². The number of nitrogens with zero attached hydrogens (tertiary/aromatic N) is 2. The van der Waals surface area contributed by atoms with Crippen molar-refractivity contribution in [1.82, 2.24) is 0 Å². The summed E-state index contributed by atoms with van der Waals surface area (Å²) < 4.78 is 5.15. The van der Waals surface area contributed by atoms with Gasteiger partial charge in [-0.25, -0.2) is 0 Å². The number of aromatic hydroxyl groups is 1. The van der Waals surface area contributed by atoms with Crippen molar-refractivity contribution in [1.29, 1.82) is 0 Å². The molecular formula is C21H20N2O2. The van der Waals surface area contributed by atoms with E-state index in [1.165, 1.54) is 7.11 Å². The molecule has 0 radical (unpaired) electrons. The van der Waals surface area contributed by atoms with Gasteiger partial charge in [0.2, 0.25) is 0 Å². The van der Waals surface area contributed by atoms with E-state index >= 15 is 0 Å². The quantitative estimate of drug-likeness (QED) is 0.536. The van der Waals surface area contributed by atoms with Crippen LogP contribution in [0.5, 0.6) is 11.5 Å². The maximum atomic E-state index is 10.2. The topological polar surface area (TPSA) is 45.1 Å². The fraction of sp³-hybridized carbons (Fsp3) is 0.0952. The molecule has 0 aliphatic heterocycles. The molecule has 0 unspecified atom stereocenters. The Morgan fingerprint density at radius 3 is 2.28 bits per heavy atom. The third-order valence-corrected chi connectivity index (χ3v) is 3.82. The lowest BCUT2D eigenvalue weighted by molar-refractivity contribution is 0.373. The number of ether oxygens (including phenoxy) is 1. The number of hydrazone groups is 1. The normalized spacial score (nSPS) is 10.8. The van der Waals surface area contributed by atoms with Crippen molar-refractivity contribution in [3.8, 4) is 11.5 Å². The van der Waals surface area contributed by atoms with E-state index in [1.807, 2.05) is 59.6 Å². The molecule has 0 aliphatic rings. The van der Waals surface area contributed by atoms with Crippen LogP contribution in [0.3, 0.4) is 0 Å². The Morgan fingerprint density at radius 2 is 1.60 bits per heavy atom. The van der Waals surface area contributed by atoms with Crippen LogP contribution in [-0.2, 0) is 6.54 Å². The van der Waals surface area contributed by atoms with Gasteiger partial charge >= 0.3 is 0 Å². The highest BCUT2D eigenvalue weighted by molar-refractivity contribution is 5.85. The molecule has 25 heavy (non-hydrogen) atoms. The summed E-state index contributed by atoms with van der Waals surface area (Å²) in [6.45, 7) is 0.631. The molecule has 0 heterocycles. The molecule has 3 aromatic carbocycles. The highest BCUT2D eigenvalue weighted by atomic mass is 16.5. The van der Waals surface area contributed by atoms with Crippen LogP contribution in [0, 0.1) is 0 Å². The zero-order chi connectivity index (χ0) is 17.5. The largest absolute Gasteiger partial charge is 0.504 e. The van der Waals surface area contributed by atoms with Crippen LogP contribution in [-0.4, -0.2) is 18.4 Å². The standard InChI is InChI=1S/C21H20N2O2/c1-25-20-14-8-11-18(21(20)24)15-22-23(19-12-6-3-7-13-19)16-17-9-4-2-5-10-17/h2-15,24H,16H2,1H3/b22-15+. The van der Waals surface area contributed by atoms with Crippen LogP contribution >= 0.6 is 0 Å². The number of para-hydroxylation sites is 2. The Labute approximate surface area is 147 Å². The lowest BCUT2D eigenvalue weighted by Gasteiger charge is -2.19. The minimum absolute atomic E-state index is 0.0847. The van der Waals surface area contributed by atoms with Crippen LogP contribution in [0.15, 0.2) is 84.0 Å². The van der Waals surface area contributed by atoms with Crippen molar-refractivity contribution in [2.24, 2.45) is 5.10 Å². The number of methoxy groups -OCH3 is 1. The van der Waals surface area contributed by atoms with Gasteiger partial charge in [0.1, 0.15) is 0 Å². The van der Waals surface area contributed by atoms with Crippen molar-refractivity contribution >= 4 is 11.9 Å². The molecule has 3 aromatic rings. The summed E-state index contributed by atoms with van der Waals surface area (Å²) in [5.74, 6) is 0.514. The van der Waals surface area contributed by atoms with Crippen molar-refractivity contribution in [2.45, 2.75) is 6.54 Å². The van der Waals surface area contributed by atoms with Gasteiger partial charge in [-0.15, -0.1) is 0 Å². The molecule has 0 amide bonds. The molecule has 0 atom stereocenters. The molecule has 0 aromatic heterocycles. The second-order valence-electron chi connectivity index (χ2n) is 5.52. The van der Waals surface area contributed by atoms with Gasteiger partial charge in [-0.05, 0) is 29.8 Å². The van der Waals surface area contributed by atoms with Crippen molar-refractivity contribution in [3.05, 3.63) is 90.0 Å². The van der Waals surface area contributed by atoms with Crippen LogP contribution in [0.4, 0.5) is 5.69 Å². The number of rotatable bonds is 6. The molecule has 0 bridgehead atoms. The van der Waals surface area contributed by atoms with Crippen molar-refractivity contribution < 1.29 is 9.84 Å². The van der Waals surface area contributed by atoms with Gasteiger partial charge in [0.25, 0.3) is 0 Å². The first-order valence-corrected chi connectivity index (χ1v) is 8.04. The summed E-state index contributed by atoms with van der Waals surface area (Å²) in [5, 5.41) is 16.7. The van der Waals surface area contributed by atoms with Gasteiger partial charge in [-0.2, -0.15) is 5.10 Å². The summed E-state index contributed by atoms with van der Waals surface area (Å²) in [6.07, 6.45) is 1.65. The van der Waals surface area contributed by atoms with E-state index in [-0.39, 0.29) is 5.75 Å². The highest BCUT2D eigenvalue weighted by Crippen LogP contribution is 2.28. The van der Waals surface area contributed by atoms with Gasteiger partial charge in [-0.1, -0.05) is 54.6 Å². The number of phenols is 1. The van der Waals surface area contributed by atoms with E-state index < -0.39 is 0 Å². The number of phenolic OH excluding ortho intramolecular Hbond substituents is 1. The van der Waals surface area contributed by atoms with Gasteiger partial charge in [0, 0.05) is 5.56 Å². The Hall–Kier alpha value is -3.27. The minimum Gasteiger partial charge on any atom is -0.504 e. The molecule has 126 valence electrons. The fourth-order valence-electron chi connectivity index (χ4n) is 2.50. The summed E-state index contributed by atoms with van der Waals surface area (Å²) in [7, 11) is 1.53. The Kier molecular flexibility index (Phi) is 5.32. The first kappa shape index (κ1) is 16.6. The average molecular weight is 332 g/mol. The molecule has 0 aliphatic carbocycles. The molecule has 0 fully saturated rings. The summed E-state index contributed by atoms with van der Waals surface area (Å²) >= 11 is 0. The Bertz CT molecular complexity index is 833. The number of hydrogen-bond acceptors (Lipinski definition) is 4. The lowest BCUT2D eigenvalue weighted by Crippen LogP contribution is -2.16. The maximum absolute atomic E-state index is 10.2. The first-order chi connectivity index (χ1) is 12.3. The van der Waals surface area contributed by atoms with Crippen LogP contribution in [0.2, 0.25) is 0 Å². The molecule has 1 N–H and O–H groups in total. The van der Waals surface area contributed by atoms with Crippen molar-refractivity contribution in [3.63, 3.8) is 0 Å². The second kappa shape index (κ2) is 8.02. The van der Waals surface area contributed by atoms with Gasteiger partial charge in [-0.3, -0.25) is 5.01 Å². The second-order valence-corrected chi connectivity index (χ2v) is 5.52. The predicted octanol–water partition coefficient (Wildman–Crippen LogP) is 4.44. The molecule has 0 spiro atoms. The van der Waals surface area contributed by atoms with Crippen molar-refractivity contribution in [2.75, 3.05) is 12.1 Å². The first-order valence-electron chi connectivity index (χ1n) is 8.04. The third-order valence-electron chi connectivity index (χ3n) is 3.82. The summed E-state index contributed by atoms with van der Waals surface area (Å²) in [6, 6.07) is 25.4. The van der Waals surface area contributed by atoms with Crippen LogP contribution in [0.25, 0.3) is 0 Å². The minimum atomic E-state index is 0.0847. The number of hydrogen-bond donors (Lipinski definition) is 1. The smallest absolute Gasteiger partial charge is 0.166 e. The summed E-state index contributed by atoms with van der Waals surface area (Å²) in [5.41, 5.74) is 2.73. The predicted molar refractivity (Wildman–Crippen MR) is 101 cm³/mol. The van der Waals surface area contributed by atoms with E-state index in [9.17, 15) is 5.11 Å². The molecule has 4 heteroatoms. The highest BCUT2D eigenvalue weighted by Gasteiger charge is 2.08. The van der Waals surface area contributed by atoms with Crippen LogP contribution < -0.4 is 9.75 Å².